The Hall–Kier alpha value is -3.58. The third-order valence-electron chi connectivity index (χ3n) is 5.77. The zero-order chi connectivity index (χ0) is 22.8. The van der Waals surface area contributed by atoms with Gasteiger partial charge in [-0.15, -0.1) is 0 Å². The lowest BCUT2D eigenvalue weighted by Gasteiger charge is -2.27. The first-order valence-electron chi connectivity index (χ1n) is 10.6. The second-order valence-corrected chi connectivity index (χ2v) is 8.08. The van der Waals surface area contributed by atoms with Gasteiger partial charge in [0.1, 0.15) is 18.0 Å². The standard InChI is InChI=1S/C25H28N4O3/c1-5-18-7-6-17(12-22(18)27(2)3)15-26-10-11-28-16-24(30)29-21-9-8-20(32-4)13-19(21)14-23(29)25(28)31/h5-9,12-14,26H,1,10-11,15-16H2,2-4H3. The molecule has 0 unspecified atom stereocenters. The molecule has 0 saturated heterocycles. The molecule has 7 nitrogen and oxygen atoms in total. The third kappa shape index (κ3) is 3.99. The van der Waals surface area contributed by atoms with E-state index in [1.54, 1.807) is 24.1 Å². The van der Waals surface area contributed by atoms with Crippen molar-refractivity contribution in [1.29, 1.82) is 0 Å². The highest BCUT2D eigenvalue weighted by Crippen LogP contribution is 2.27. The molecule has 4 rings (SSSR count). The summed E-state index contributed by atoms with van der Waals surface area (Å²) in [5, 5.41) is 4.20. The van der Waals surface area contributed by atoms with Gasteiger partial charge in [-0.3, -0.25) is 14.2 Å². The molecule has 0 atom stereocenters. The zero-order valence-corrected chi connectivity index (χ0v) is 18.7. The molecule has 0 saturated carbocycles. The van der Waals surface area contributed by atoms with Gasteiger partial charge in [-0.05, 0) is 41.5 Å². The lowest BCUT2D eigenvalue weighted by molar-refractivity contribution is 0.0625. The molecule has 0 bridgehead atoms. The molecule has 32 heavy (non-hydrogen) atoms. The van der Waals surface area contributed by atoms with Crippen molar-refractivity contribution in [2.45, 2.75) is 6.54 Å². The van der Waals surface area contributed by atoms with Gasteiger partial charge in [0, 0.05) is 44.8 Å². The van der Waals surface area contributed by atoms with Crippen LogP contribution in [0.3, 0.4) is 0 Å². The minimum Gasteiger partial charge on any atom is -0.497 e. The van der Waals surface area contributed by atoms with Gasteiger partial charge in [0.2, 0.25) is 0 Å². The predicted octanol–water partition coefficient (Wildman–Crippen LogP) is 3.24. The van der Waals surface area contributed by atoms with E-state index in [4.69, 9.17) is 4.74 Å². The lowest BCUT2D eigenvalue weighted by atomic mass is 10.1. The van der Waals surface area contributed by atoms with Crippen molar-refractivity contribution in [3.8, 4) is 5.75 Å². The average Bonchev–Trinajstić information content (AvgIpc) is 3.19. The van der Waals surface area contributed by atoms with Gasteiger partial charge in [0.15, 0.2) is 0 Å². The highest BCUT2D eigenvalue weighted by molar-refractivity contribution is 6.09. The lowest BCUT2D eigenvalue weighted by Crippen LogP contribution is -2.46. The molecular weight excluding hydrogens is 404 g/mol. The summed E-state index contributed by atoms with van der Waals surface area (Å²) in [5.74, 6) is 0.460. The van der Waals surface area contributed by atoms with E-state index in [-0.39, 0.29) is 18.4 Å². The smallest absolute Gasteiger partial charge is 0.271 e. The van der Waals surface area contributed by atoms with E-state index in [1.165, 1.54) is 4.57 Å². The molecule has 0 fully saturated rings. The predicted molar refractivity (Wildman–Crippen MR) is 128 cm³/mol. The number of rotatable bonds is 8. The number of benzene rings is 2. The van der Waals surface area contributed by atoms with Crippen molar-refractivity contribution < 1.29 is 14.3 Å². The molecule has 1 aliphatic rings. The van der Waals surface area contributed by atoms with Crippen molar-refractivity contribution >= 4 is 34.5 Å². The molecule has 1 amide bonds. The van der Waals surface area contributed by atoms with E-state index in [1.807, 2.05) is 32.3 Å². The van der Waals surface area contributed by atoms with E-state index in [0.717, 1.165) is 27.7 Å². The summed E-state index contributed by atoms with van der Waals surface area (Å²) in [6, 6.07) is 13.5. The number of hydrogen-bond donors (Lipinski definition) is 1. The number of carbonyl (C=O) groups excluding carboxylic acids is 2. The second kappa shape index (κ2) is 8.88. The minimum atomic E-state index is -0.133. The fraction of sp³-hybridized carbons (Fsp3) is 0.280. The van der Waals surface area contributed by atoms with Crippen LogP contribution >= 0.6 is 0 Å². The Morgan fingerprint density at radius 3 is 2.69 bits per heavy atom. The Balaban J connectivity index is 1.41. The van der Waals surface area contributed by atoms with E-state index >= 15 is 0 Å². The molecule has 1 aliphatic heterocycles. The van der Waals surface area contributed by atoms with Crippen LogP contribution in [0.1, 0.15) is 26.4 Å². The van der Waals surface area contributed by atoms with Crippen LogP contribution in [0.4, 0.5) is 5.69 Å². The number of ether oxygens (including phenoxy) is 1. The van der Waals surface area contributed by atoms with Crippen molar-refractivity contribution in [2.75, 3.05) is 45.7 Å². The van der Waals surface area contributed by atoms with Crippen LogP contribution in [-0.4, -0.2) is 62.1 Å². The molecule has 166 valence electrons. The molecule has 0 spiro atoms. The summed E-state index contributed by atoms with van der Waals surface area (Å²) in [5.41, 5.74) is 4.48. The maximum absolute atomic E-state index is 13.0. The number of anilines is 1. The van der Waals surface area contributed by atoms with Gasteiger partial charge in [-0.25, -0.2) is 0 Å². The summed E-state index contributed by atoms with van der Waals surface area (Å²) >= 11 is 0. The van der Waals surface area contributed by atoms with E-state index < -0.39 is 0 Å². The molecule has 0 radical (unpaired) electrons. The molecule has 1 N–H and O–H groups in total. The summed E-state index contributed by atoms with van der Waals surface area (Å²) in [4.78, 5) is 29.5. The summed E-state index contributed by atoms with van der Waals surface area (Å²) in [6.07, 6.45) is 1.85. The van der Waals surface area contributed by atoms with E-state index in [9.17, 15) is 9.59 Å². The van der Waals surface area contributed by atoms with Crippen LogP contribution in [-0.2, 0) is 6.54 Å². The van der Waals surface area contributed by atoms with E-state index in [0.29, 0.717) is 31.1 Å². The number of carbonyl (C=O) groups is 2. The first kappa shape index (κ1) is 21.6. The second-order valence-electron chi connectivity index (χ2n) is 8.08. The third-order valence-corrected chi connectivity index (χ3v) is 5.77. The SMILES string of the molecule is C=Cc1ccc(CNCCN2CC(=O)n3c(cc4cc(OC)ccc43)C2=O)cc1N(C)C. The van der Waals surface area contributed by atoms with Gasteiger partial charge in [0.25, 0.3) is 11.8 Å². The van der Waals surface area contributed by atoms with Crippen LogP contribution in [0.2, 0.25) is 0 Å². The fourth-order valence-corrected chi connectivity index (χ4v) is 4.10. The average molecular weight is 433 g/mol. The number of hydrogen-bond acceptors (Lipinski definition) is 5. The van der Waals surface area contributed by atoms with Crippen molar-refractivity contribution in [3.05, 3.63) is 65.9 Å². The maximum Gasteiger partial charge on any atom is 0.271 e. The quantitative estimate of drug-likeness (QED) is 0.554. The maximum atomic E-state index is 13.0. The van der Waals surface area contributed by atoms with Gasteiger partial charge in [0.05, 0.1) is 12.6 Å². The number of aromatic nitrogens is 1. The zero-order valence-electron chi connectivity index (χ0n) is 18.7. The monoisotopic (exact) mass is 432 g/mol. The van der Waals surface area contributed by atoms with E-state index in [2.05, 4.69) is 35.0 Å². The first-order valence-corrected chi connectivity index (χ1v) is 10.6. The van der Waals surface area contributed by atoms with Crippen LogP contribution in [0.15, 0.2) is 49.0 Å². The Bertz CT molecular complexity index is 1200. The summed E-state index contributed by atoms with van der Waals surface area (Å²) in [6.45, 7) is 5.66. The Labute approximate surface area is 187 Å². The largest absolute Gasteiger partial charge is 0.497 e. The molecule has 2 aromatic carbocycles. The number of amides is 1. The molecule has 0 aliphatic carbocycles. The molecule has 7 heteroatoms. The van der Waals surface area contributed by atoms with Crippen molar-refractivity contribution in [1.82, 2.24) is 14.8 Å². The highest BCUT2D eigenvalue weighted by atomic mass is 16.5. The summed E-state index contributed by atoms with van der Waals surface area (Å²) < 4.78 is 6.78. The van der Waals surface area contributed by atoms with Crippen molar-refractivity contribution in [3.63, 3.8) is 0 Å². The van der Waals surface area contributed by atoms with Crippen LogP contribution in [0.25, 0.3) is 17.0 Å². The van der Waals surface area contributed by atoms with Crippen LogP contribution in [0, 0.1) is 0 Å². The number of fused-ring (bicyclic) bond motifs is 3. The van der Waals surface area contributed by atoms with Gasteiger partial charge in [-0.2, -0.15) is 0 Å². The molecule has 1 aromatic heterocycles. The topological polar surface area (TPSA) is 66.8 Å². The number of methoxy groups -OCH3 is 1. The molecule has 2 heterocycles. The Morgan fingerprint density at radius 1 is 1.16 bits per heavy atom. The number of nitrogens with zero attached hydrogens (tertiary/aromatic N) is 3. The highest BCUT2D eigenvalue weighted by Gasteiger charge is 2.31. The van der Waals surface area contributed by atoms with Gasteiger partial charge in [-0.1, -0.05) is 24.8 Å². The summed E-state index contributed by atoms with van der Waals surface area (Å²) in [7, 11) is 5.61. The number of nitrogens with one attached hydrogen (secondary N) is 1. The van der Waals surface area contributed by atoms with Gasteiger partial charge >= 0.3 is 0 Å². The Kier molecular flexibility index (Phi) is 6.01. The van der Waals surface area contributed by atoms with Gasteiger partial charge < -0.3 is 19.9 Å². The normalized spacial score (nSPS) is 13.4. The van der Waals surface area contributed by atoms with Crippen LogP contribution < -0.4 is 15.0 Å². The molecular formula is C25H28N4O3. The minimum absolute atomic E-state index is 0.0716. The Morgan fingerprint density at radius 2 is 1.97 bits per heavy atom. The molecule has 3 aromatic rings. The fourth-order valence-electron chi connectivity index (χ4n) is 4.10. The van der Waals surface area contributed by atoms with Crippen LogP contribution in [0.5, 0.6) is 5.75 Å². The van der Waals surface area contributed by atoms with Crippen molar-refractivity contribution in [2.24, 2.45) is 0 Å². The first-order chi connectivity index (χ1) is 15.4.